The first kappa shape index (κ1) is 9.65. The second kappa shape index (κ2) is 3.69. The van der Waals surface area contributed by atoms with Crippen LogP contribution in [0.3, 0.4) is 0 Å². The molecule has 0 aromatic carbocycles. The molecule has 0 saturated heterocycles. The maximum absolute atomic E-state index is 9.33. The zero-order valence-electron chi connectivity index (χ0n) is 8.73. The molecule has 3 nitrogen and oxygen atoms in total. The Labute approximate surface area is 88.5 Å². The third kappa shape index (κ3) is 2.13. The fraction of sp³-hybridized carbons (Fsp3) is 0.167. The smallest absolute Gasteiger partial charge is 0.134 e. The van der Waals surface area contributed by atoms with Gasteiger partial charge in [-0.25, -0.2) is 0 Å². The number of nitrogens with zero attached hydrogens (tertiary/aromatic N) is 2. The molecule has 0 amide bonds. The van der Waals surface area contributed by atoms with Crippen molar-refractivity contribution in [2.45, 2.75) is 13.8 Å². The van der Waals surface area contributed by atoms with Gasteiger partial charge in [0.05, 0.1) is 6.20 Å². The van der Waals surface area contributed by atoms with Crippen molar-refractivity contribution in [3.8, 4) is 16.9 Å². The van der Waals surface area contributed by atoms with Gasteiger partial charge in [0.25, 0.3) is 0 Å². The van der Waals surface area contributed by atoms with Crippen LogP contribution < -0.4 is 0 Å². The van der Waals surface area contributed by atoms with E-state index >= 15 is 0 Å². The summed E-state index contributed by atoms with van der Waals surface area (Å²) in [5.41, 5.74) is 3.87. The molecule has 3 heteroatoms. The number of hydrogen-bond acceptors (Lipinski definition) is 3. The number of pyridine rings is 2. The Morgan fingerprint density at radius 3 is 2.20 bits per heavy atom. The highest BCUT2D eigenvalue weighted by atomic mass is 16.3. The topological polar surface area (TPSA) is 46.0 Å². The van der Waals surface area contributed by atoms with Gasteiger partial charge in [-0.1, -0.05) is 0 Å². The molecule has 2 aromatic rings. The van der Waals surface area contributed by atoms with Crippen LogP contribution in [0.1, 0.15) is 11.4 Å². The molecule has 76 valence electrons. The van der Waals surface area contributed by atoms with Gasteiger partial charge < -0.3 is 5.11 Å². The summed E-state index contributed by atoms with van der Waals surface area (Å²) < 4.78 is 0. The number of aromatic hydroxyl groups is 1. The van der Waals surface area contributed by atoms with Crippen molar-refractivity contribution < 1.29 is 5.11 Å². The zero-order chi connectivity index (χ0) is 10.8. The number of aromatic nitrogens is 2. The van der Waals surface area contributed by atoms with Gasteiger partial charge >= 0.3 is 0 Å². The third-order valence-corrected chi connectivity index (χ3v) is 2.14. The van der Waals surface area contributed by atoms with Crippen molar-refractivity contribution in [1.29, 1.82) is 0 Å². The lowest BCUT2D eigenvalue weighted by molar-refractivity contribution is 0.473. The highest BCUT2D eigenvalue weighted by Crippen LogP contribution is 2.22. The van der Waals surface area contributed by atoms with Crippen molar-refractivity contribution in [2.24, 2.45) is 0 Å². The Hall–Kier alpha value is -1.90. The predicted molar refractivity (Wildman–Crippen MR) is 58.6 cm³/mol. The first-order valence-corrected chi connectivity index (χ1v) is 4.75. The Bertz CT molecular complexity index is 474. The lowest BCUT2D eigenvalue weighted by atomic mass is 10.1. The molecular weight excluding hydrogens is 188 g/mol. The van der Waals surface area contributed by atoms with Gasteiger partial charge in [-0.05, 0) is 37.6 Å². The van der Waals surface area contributed by atoms with E-state index in [-0.39, 0.29) is 5.75 Å². The number of rotatable bonds is 1. The SMILES string of the molecule is Cc1cc(-c2cncc(O)c2)cc(C)n1. The summed E-state index contributed by atoms with van der Waals surface area (Å²) in [5, 5.41) is 9.33. The molecule has 0 radical (unpaired) electrons. The Balaban J connectivity index is 2.54. The van der Waals surface area contributed by atoms with Crippen LogP contribution in [0, 0.1) is 13.8 Å². The van der Waals surface area contributed by atoms with Gasteiger partial charge in [0, 0.05) is 23.1 Å². The lowest BCUT2D eigenvalue weighted by Gasteiger charge is -2.04. The highest BCUT2D eigenvalue weighted by Gasteiger charge is 2.01. The van der Waals surface area contributed by atoms with E-state index in [0.29, 0.717) is 0 Å². The minimum Gasteiger partial charge on any atom is -0.506 e. The summed E-state index contributed by atoms with van der Waals surface area (Å²) in [6.07, 6.45) is 3.15. The molecule has 0 aliphatic rings. The fourth-order valence-corrected chi connectivity index (χ4v) is 1.59. The average molecular weight is 200 g/mol. The minimum absolute atomic E-state index is 0.180. The lowest BCUT2D eigenvalue weighted by Crippen LogP contribution is -1.88. The molecule has 0 saturated carbocycles. The molecule has 1 N–H and O–H groups in total. The molecule has 0 aliphatic carbocycles. The molecule has 0 fully saturated rings. The maximum atomic E-state index is 9.33. The average Bonchev–Trinajstić information content (AvgIpc) is 2.16. The second-order valence-corrected chi connectivity index (χ2v) is 3.57. The number of hydrogen-bond donors (Lipinski definition) is 1. The van der Waals surface area contributed by atoms with E-state index in [1.54, 1.807) is 12.3 Å². The van der Waals surface area contributed by atoms with Crippen LogP contribution in [0.15, 0.2) is 30.6 Å². The van der Waals surface area contributed by atoms with Gasteiger partial charge in [-0.2, -0.15) is 0 Å². The predicted octanol–water partition coefficient (Wildman–Crippen LogP) is 2.47. The molecule has 0 spiro atoms. The molecular formula is C12H12N2O. The summed E-state index contributed by atoms with van der Waals surface area (Å²) in [6, 6.07) is 5.65. The first-order valence-electron chi connectivity index (χ1n) is 4.75. The van der Waals surface area contributed by atoms with E-state index in [0.717, 1.165) is 22.5 Å². The zero-order valence-corrected chi connectivity index (χ0v) is 8.73. The normalized spacial score (nSPS) is 10.3. The van der Waals surface area contributed by atoms with Crippen LogP contribution in [0.4, 0.5) is 0 Å². The Morgan fingerprint density at radius 1 is 0.933 bits per heavy atom. The van der Waals surface area contributed by atoms with Crippen molar-refractivity contribution in [3.63, 3.8) is 0 Å². The van der Waals surface area contributed by atoms with E-state index < -0.39 is 0 Å². The molecule has 0 atom stereocenters. The monoisotopic (exact) mass is 200 g/mol. The van der Waals surface area contributed by atoms with E-state index in [9.17, 15) is 5.11 Å². The quantitative estimate of drug-likeness (QED) is 0.769. The van der Waals surface area contributed by atoms with Crippen LogP contribution in [0.25, 0.3) is 11.1 Å². The van der Waals surface area contributed by atoms with E-state index in [1.165, 1.54) is 6.20 Å². The van der Waals surface area contributed by atoms with Crippen LogP contribution in [-0.2, 0) is 0 Å². The summed E-state index contributed by atoms with van der Waals surface area (Å²) in [5.74, 6) is 0.180. The van der Waals surface area contributed by atoms with Gasteiger partial charge in [-0.15, -0.1) is 0 Å². The Kier molecular flexibility index (Phi) is 2.37. The van der Waals surface area contributed by atoms with Gasteiger partial charge in [0.2, 0.25) is 0 Å². The summed E-state index contributed by atoms with van der Waals surface area (Å²) in [4.78, 5) is 8.25. The third-order valence-electron chi connectivity index (χ3n) is 2.14. The minimum atomic E-state index is 0.180. The molecule has 2 aromatic heterocycles. The van der Waals surface area contributed by atoms with E-state index in [1.807, 2.05) is 26.0 Å². The van der Waals surface area contributed by atoms with Crippen LogP contribution in [0.5, 0.6) is 5.75 Å². The van der Waals surface area contributed by atoms with Gasteiger partial charge in [0.15, 0.2) is 0 Å². The maximum Gasteiger partial charge on any atom is 0.134 e. The van der Waals surface area contributed by atoms with Gasteiger partial charge in [0.1, 0.15) is 5.75 Å². The molecule has 2 rings (SSSR count). The fourth-order valence-electron chi connectivity index (χ4n) is 1.59. The molecule has 15 heavy (non-hydrogen) atoms. The number of aryl methyl sites for hydroxylation is 2. The van der Waals surface area contributed by atoms with Crippen molar-refractivity contribution in [2.75, 3.05) is 0 Å². The van der Waals surface area contributed by atoms with E-state index in [4.69, 9.17) is 0 Å². The van der Waals surface area contributed by atoms with Crippen molar-refractivity contribution in [3.05, 3.63) is 42.0 Å². The summed E-state index contributed by atoms with van der Waals surface area (Å²) in [6.45, 7) is 3.90. The van der Waals surface area contributed by atoms with Crippen LogP contribution in [0.2, 0.25) is 0 Å². The second-order valence-electron chi connectivity index (χ2n) is 3.57. The summed E-state index contributed by atoms with van der Waals surface area (Å²) >= 11 is 0. The first-order chi connectivity index (χ1) is 7.15. The molecule has 0 aliphatic heterocycles. The molecule has 0 unspecified atom stereocenters. The molecule has 2 heterocycles. The highest BCUT2D eigenvalue weighted by molar-refractivity contribution is 5.64. The largest absolute Gasteiger partial charge is 0.506 e. The van der Waals surface area contributed by atoms with Crippen molar-refractivity contribution in [1.82, 2.24) is 9.97 Å². The Morgan fingerprint density at radius 2 is 1.60 bits per heavy atom. The van der Waals surface area contributed by atoms with Crippen molar-refractivity contribution >= 4 is 0 Å². The van der Waals surface area contributed by atoms with E-state index in [2.05, 4.69) is 9.97 Å². The standard InChI is InChI=1S/C12H12N2O/c1-8-3-10(4-9(2)14-8)11-5-12(15)7-13-6-11/h3-7,15H,1-2H3. The summed E-state index contributed by atoms with van der Waals surface area (Å²) in [7, 11) is 0. The van der Waals surface area contributed by atoms with Gasteiger partial charge in [-0.3, -0.25) is 9.97 Å². The van der Waals surface area contributed by atoms with Crippen LogP contribution >= 0.6 is 0 Å². The molecule has 0 bridgehead atoms. The van der Waals surface area contributed by atoms with Crippen LogP contribution in [-0.4, -0.2) is 15.1 Å².